The molecule has 0 aliphatic heterocycles. The third-order valence-corrected chi connectivity index (χ3v) is 2.50. The molecule has 19 heavy (non-hydrogen) atoms. The van der Waals surface area contributed by atoms with E-state index in [1.165, 1.54) is 0 Å². The number of aromatic nitrogens is 2. The fourth-order valence-electron chi connectivity index (χ4n) is 1.04. The van der Waals surface area contributed by atoms with Crippen LogP contribution in [0.15, 0.2) is 18.7 Å². The molecule has 1 aromatic rings. The predicted octanol–water partition coefficient (Wildman–Crippen LogP) is 0.136. The van der Waals surface area contributed by atoms with Crippen LogP contribution in [0.1, 0.15) is 12.8 Å². The van der Waals surface area contributed by atoms with E-state index in [0.29, 0.717) is 6.61 Å². The lowest BCUT2D eigenvalue weighted by molar-refractivity contribution is -0.696. The minimum absolute atomic E-state index is 0.299. The van der Waals surface area contributed by atoms with Crippen molar-refractivity contribution in [3.05, 3.63) is 18.7 Å². The maximum atomic E-state index is 10.7. The number of alkyl halides is 3. The smallest absolute Gasteiger partial charge is 0.485 e. The first kappa shape index (κ1) is 17.9. The molecule has 1 N–H and O–H groups in total. The number of halogens is 3. The summed E-state index contributed by atoms with van der Waals surface area (Å²) in [6, 6.07) is 0. The van der Waals surface area contributed by atoms with Gasteiger partial charge in [0.15, 0.2) is 10.1 Å². The van der Waals surface area contributed by atoms with Crippen molar-refractivity contribution in [3.63, 3.8) is 0 Å². The molecular weight excluding hydrogens is 289 g/mol. The van der Waals surface area contributed by atoms with Gasteiger partial charge in [-0.3, -0.25) is 0 Å². The van der Waals surface area contributed by atoms with Crippen LogP contribution in [0.5, 0.6) is 0 Å². The molecule has 0 unspecified atom stereocenters. The summed E-state index contributed by atoms with van der Waals surface area (Å²) in [6.45, 7) is 1.30. The highest BCUT2D eigenvalue weighted by Crippen LogP contribution is 2.20. The number of aliphatic hydroxyl groups is 1. The second-order valence-electron chi connectivity index (χ2n) is 3.65. The molecular formula is C9H15F3N2O4S. The summed E-state index contributed by atoms with van der Waals surface area (Å²) in [5, 5.41) is 8.54. The highest BCUT2D eigenvalue weighted by molar-refractivity contribution is 7.86. The van der Waals surface area contributed by atoms with Crippen molar-refractivity contribution in [2.24, 2.45) is 7.05 Å². The normalized spacial score (nSPS) is 11.9. The Kier molecular flexibility index (Phi) is 7.01. The van der Waals surface area contributed by atoms with Gasteiger partial charge in [-0.05, 0) is 12.8 Å². The van der Waals surface area contributed by atoms with Crippen LogP contribution in [-0.4, -0.2) is 34.8 Å². The summed E-state index contributed by atoms with van der Waals surface area (Å²) < 4.78 is 63.0. The average Bonchev–Trinajstić information content (AvgIpc) is 2.63. The van der Waals surface area contributed by atoms with Crippen LogP contribution in [0.3, 0.4) is 0 Å². The second kappa shape index (κ2) is 7.46. The zero-order chi connectivity index (χ0) is 15.1. The van der Waals surface area contributed by atoms with Crippen molar-refractivity contribution in [2.75, 3.05) is 6.61 Å². The number of nitrogens with zero attached hydrogens (tertiary/aromatic N) is 2. The van der Waals surface area contributed by atoms with Gasteiger partial charge < -0.3 is 9.66 Å². The van der Waals surface area contributed by atoms with E-state index in [2.05, 4.69) is 4.57 Å². The maximum Gasteiger partial charge on any atom is 0.485 e. The molecule has 0 amide bonds. The van der Waals surface area contributed by atoms with Crippen LogP contribution >= 0.6 is 0 Å². The number of unbranched alkanes of at least 4 members (excludes halogenated alkanes) is 1. The van der Waals surface area contributed by atoms with E-state index in [9.17, 15) is 13.2 Å². The van der Waals surface area contributed by atoms with E-state index in [1.807, 2.05) is 30.3 Å². The van der Waals surface area contributed by atoms with E-state index in [-0.39, 0.29) is 0 Å². The topological polar surface area (TPSA) is 86.2 Å². The summed E-state index contributed by atoms with van der Waals surface area (Å²) in [5.74, 6) is 0. The molecule has 0 atom stereocenters. The molecule has 1 heterocycles. The van der Waals surface area contributed by atoms with Crippen molar-refractivity contribution >= 4 is 10.1 Å². The van der Waals surface area contributed by atoms with Crippen LogP contribution in [-0.2, 0) is 23.7 Å². The minimum atomic E-state index is -6.09. The standard InChI is InChI=1S/C8H15N2O.CHF3O3S/c1-9-5-6-10(8-9)4-2-3-7-11;2-1(3,4)8(5,6)7/h5-6,8,11H,2-4,7H2,1H3;(H,5,6,7)/q+1;/p-1. The van der Waals surface area contributed by atoms with Crippen molar-refractivity contribution in [2.45, 2.75) is 24.9 Å². The Hall–Kier alpha value is -1.13. The number of rotatable bonds is 4. The Bertz CT molecular complexity index is 470. The van der Waals surface area contributed by atoms with Gasteiger partial charge in [-0.1, -0.05) is 0 Å². The minimum Gasteiger partial charge on any atom is -0.741 e. The Morgan fingerprint density at radius 3 is 2.21 bits per heavy atom. The van der Waals surface area contributed by atoms with Crippen molar-refractivity contribution in [1.29, 1.82) is 0 Å². The second-order valence-corrected chi connectivity index (χ2v) is 5.02. The highest BCUT2D eigenvalue weighted by atomic mass is 32.2. The molecule has 0 radical (unpaired) electrons. The molecule has 0 saturated carbocycles. The fourth-order valence-corrected chi connectivity index (χ4v) is 1.04. The summed E-state index contributed by atoms with van der Waals surface area (Å²) in [4.78, 5) is 0. The maximum absolute atomic E-state index is 10.7. The average molecular weight is 304 g/mol. The highest BCUT2D eigenvalue weighted by Gasteiger charge is 2.36. The van der Waals surface area contributed by atoms with E-state index >= 15 is 0 Å². The molecule has 0 aliphatic rings. The van der Waals surface area contributed by atoms with Crippen LogP contribution in [0.4, 0.5) is 13.2 Å². The lowest BCUT2D eigenvalue weighted by atomic mass is 10.3. The van der Waals surface area contributed by atoms with Gasteiger partial charge in [0.1, 0.15) is 12.4 Å². The van der Waals surface area contributed by atoms with Gasteiger partial charge >= 0.3 is 5.51 Å². The number of aryl methyl sites for hydroxylation is 2. The Morgan fingerprint density at radius 2 is 1.89 bits per heavy atom. The summed E-state index contributed by atoms with van der Waals surface area (Å²) in [7, 11) is -4.09. The fraction of sp³-hybridized carbons (Fsp3) is 0.667. The Morgan fingerprint density at radius 1 is 1.37 bits per heavy atom. The van der Waals surface area contributed by atoms with E-state index < -0.39 is 15.6 Å². The van der Waals surface area contributed by atoms with Gasteiger partial charge in [0.2, 0.25) is 6.33 Å². The monoisotopic (exact) mass is 304 g/mol. The molecule has 112 valence electrons. The molecule has 1 aromatic heterocycles. The summed E-state index contributed by atoms with van der Waals surface area (Å²) in [5.41, 5.74) is -5.65. The summed E-state index contributed by atoms with van der Waals surface area (Å²) >= 11 is 0. The third kappa shape index (κ3) is 7.80. The zero-order valence-electron chi connectivity index (χ0n) is 10.2. The SMILES string of the molecule is Cn1cc[n+](CCCCO)c1.O=S(=O)([O-])C(F)(F)F. The van der Waals surface area contributed by atoms with Gasteiger partial charge in [0, 0.05) is 6.61 Å². The van der Waals surface area contributed by atoms with Gasteiger partial charge in [0.05, 0.1) is 13.6 Å². The van der Waals surface area contributed by atoms with Gasteiger partial charge in [-0.25, -0.2) is 17.6 Å². The third-order valence-electron chi connectivity index (χ3n) is 1.93. The summed E-state index contributed by atoms with van der Waals surface area (Å²) in [6.07, 6.45) is 8.03. The number of hydrogen-bond acceptors (Lipinski definition) is 4. The van der Waals surface area contributed by atoms with Crippen LogP contribution in [0.2, 0.25) is 0 Å². The lowest BCUT2D eigenvalue weighted by Gasteiger charge is -2.08. The molecule has 10 heteroatoms. The largest absolute Gasteiger partial charge is 0.741 e. The molecule has 0 fully saturated rings. The molecule has 0 bridgehead atoms. The van der Waals surface area contributed by atoms with Gasteiger partial charge in [-0.2, -0.15) is 13.2 Å². The molecule has 0 aliphatic carbocycles. The van der Waals surface area contributed by atoms with Gasteiger partial charge in [-0.15, -0.1) is 0 Å². The van der Waals surface area contributed by atoms with Crippen molar-refractivity contribution < 1.29 is 35.8 Å². The first-order valence-electron chi connectivity index (χ1n) is 5.22. The van der Waals surface area contributed by atoms with Gasteiger partial charge in [0.25, 0.3) is 0 Å². The zero-order valence-corrected chi connectivity index (χ0v) is 11.0. The quantitative estimate of drug-likeness (QED) is 0.371. The van der Waals surface area contributed by atoms with E-state index in [4.69, 9.17) is 18.1 Å². The van der Waals surface area contributed by atoms with Crippen molar-refractivity contribution in [1.82, 2.24) is 4.57 Å². The van der Waals surface area contributed by atoms with Crippen LogP contribution in [0.25, 0.3) is 0 Å². The number of hydrogen-bond donors (Lipinski definition) is 1. The van der Waals surface area contributed by atoms with Crippen molar-refractivity contribution in [3.8, 4) is 0 Å². The lowest BCUT2D eigenvalue weighted by Crippen LogP contribution is -2.30. The molecule has 1 rings (SSSR count). The Balaban J connectivity index is 0.000000362. The van der Waals surface area contributed by atoms with E-state index in [1.54, 1.807) is 0 Å². The number of aliphatic hydroxyl groups excluding tert-OH is 1. The molecule has 0 spiro atoms. The number of imidazole rings is 1. The predicted molar refractivity (Wildman–Crippen MR) is 57.7 cm³/mol. The van der Waals surface area contributed by atoms with Crippen LogP contribution < -0.4 is 4.57 Å². The Labute approximate surface area is 108 Å². The molecule has 0 saturated heterocycles. The first-order valence-corrected chi connectivity index (χ1v) is 6.63. The first-order chi connectivity index (χ1) is 8.58. The molecule has 0 aromatic carbocycles. The van der Waals surface area contributed by atoms with E-state index in [0.717, 1.165) is 19.4 Å². The van der Waals surface area contributed by atoms with Crippen LogP contribution in [0, 0.1) is 0 Å². The molecule has 6 nitrogen and oxygen atoms in total.